The number of carbonyl (C=O) groups is 2. The predicted molar refractivity (Wildman–Crippen MR) is 133 cm³/mol. The number of hydrogen-bond acceptors (Lipinski definition) is 7. The predicted octanol–water partition coefficient (Wildman–Crippen LogP) is 3.39. The first-order valence-corrected chi connectivity index (χ1v) is 10.7. The number of carboxylic acid groups (broad SMARTS) is 1. The average Bonchev–Trinajstić information content (AvgIpc) is 3.28. The third-order valence-corrected chi connectivity index (χ3v) is 5.23. The standard InChI is InChI=1S/C23H17FN6O3.CH3NO2/c1-33-23(32)28-22-26-19-10-13(11-25-20(19)27-22)16-8-12(6-7-17(16)24)9-18-14-4-2-3-5-15(14)21(31)30-29-18;2-1(3)4/h2-8,10-11H,9H2,1H3,(H,30,31)(H2,25,26,27,28,32);2H2,(H,3,4). The number of nitrogens with zero attached hydrogens (tertiary/aromatic N) is 3. The highest BCUT2D eigenvalue weighted by Crippen LogP contribution is 2.27. The van der Waals surface area contributed by atoms with E-state index in [0.29, 0.717) is 39.8 Å². The largest absolute Gasteiger partial charge is 0.465 e. The molecule has 0 spiro atoms. The number of aromatic nitrogens is 5. The number of ether oxygens (including phenoxy) is 1. The number of pyridine rings is 1. The maximum atomic E-state index is 14.7. The van der Waals surface area contributed by atoms with Crippen LogP contribution in [0.4, 0.5) is 19.9 Å². The maximum absolute atomic E-state index is 14.7. The highest BCUT2D eigenvalue weighted by molar-refractivity contribution is 5.86. The normalized spacial score (nSPS) is 10.5. The molecule has 0 saturated carbocycles. The Morgan fingerprint density at radius 2 is 1.89 bits per heavy atom. The van der Waals surface area contributed by atoms with Crippen LogP contribution in [-0.4, -0.2) is 49.6 Å². The lowest BCUT2D eigenvalue weighted by molar-refractivity contribution is 0.186. The van der Waals surface area contributed by atoms with Gasteiger partial charge in [0.1, 0.15) is 5.82 Å². The number of halogens is 1. The van der Waals surface area contributed by atoms with Crippen molar-refractivity contribution in [3.8, 4) is 11.1 Å². The molecule has 12 nitrogen and oxygen atoms in total. The number of anilines is 1. The fourth-order valence-corrected chi connectivity index (χ4v) is 3.66. The van der Waals surface area contributed by atoms with Crippen LogP contribution >= 0.6 is 0 Å². The SMILES string of the molecule is COC(=O)Nc1nc2ncc(-c3cc(Cc4n[nH]c(=O)c5ccccc45)ccc3F)cc2[nH]1.NC(=O)O. The van der Waals surface area contributed by atoms with Gasteiger partial charge in [-0.05, 0) is 29.8 Å². The minimum Gasteiger partial charge on any atom is -0.465 e. The molecule has 6 N–H and O–H groups in total. The summed E-state index contributed by atoms with van der Waals surface area (Å²) < 4.78 is 19.3. The topological polar surface area (TPSA) is 189 Å². The molecule has 37 heavy (non-hydrogen) atoms. The van der Waals surface area contributed by atoms with Crippen molar-refractivity contribution >= 4 is 40.1 Å². The number of imidazole rings is 1. The van der Waals surface area contributed by atoms with E-state index in [4.69, 9.17) is 9.90 Å². The van der Waals surface area contributed by atoms with E-state index in [0.717, 1.165) is 10.9 Å². The van der Waals surface area contributed by atoms with Crippen molar-refractivity contribution in [3.05, 3.63) is 82.2 Å². The molecule has 0 saturated heterocycles. The maximum Gasteiger partial charge on any atom is 0.413 e. The summed E-state index contributed by atoms with van der Waals surface area (Å²) in [7, 11) is 1.25. The molecule has 13 heteroatoms. The van der Waals surface area contributed by atoms with Gasteiger partial charge in [-0.2, -0.15) is 10.1 Å². The monoisotopic (exact) mass is 505 g/mol. The second-order valence-electron chi connectivity index (χ2n) is 7.67. The molecule has 3 heterocycles. The molecule has 0 fully saturated rings. The number of hydrogen-bond donors (Lipinski definition) is 5. The summed E-state index contributed by atoms with van der Waals surface area (Å²) in [5.41, 5.74) is 7.05. The molecule has 0 unspecified atom stereocenters. The van der Waals surface area contributed by atoms with Gasteiger partial charge in [-0.1, -0.05) is 24.3 Å². The Balaban J connectivity index is 0.000000747. The highest BCUT2D eigenvalue weighted by atomic mass is 19.1. The minimum atomic E-state index is -1.33. The molecule has 3 aromatic heterocycles. The van der Waals surface area contributed by atoms with Crippen LogP contribution in [0.5, 0.6) is 0 Å². The molecule has 0 aliphatic carbocycles. The van der Waals surface area contributed by atoms with Crippen molar-refractivity contribution in [1.82, 2.24) is 25.1 Å². The third-order valence-electron chi connectivity index (χ3n) is 5.23. The zero-order chi connectivity index (χ0) is 26.5. The van der Waals surface area contributed by atoms with E-state index in [1.54, 1.807) is 30.3 Å². The summed E-state index contributed by atoms with van der Waals surface area (Å²) in [6.45, 7) is 0. The number of H-pyrrole nitrogens is 2. The van der Waals surface area contributed by atoms with E-state index in [1.807, 2.05) is 12.1 Å². The quantitative estimate of drug-likeness (QED) is 0.245. The van der Waals surface area contributed by atoms with Gasteiger partial charge >= 0.3 is 12.2 Å². The van der Waals surface area contributed by atoms with Crippen molar-refractivity contribution in [1.29, 1.82) is 0 Å². The Morgan fingerprint density at radius 3 is 2.62 bits per heavy atom. The number of nitrogens with one attached hydrogen (secondary N) is 3. The summed E-state index contributed by atoms with van der Waals surface area (Å²) in [6.07, 6.45) is -0.0882. The number of carbonyl (C=O) groups excluding carboxylic acids is 1. The van der Waals surface area contributed by atoms with Gasteiger partial charge in [0.15, 0.2) is 5.65 Å². The third kappa shape index (κ3) is 5.67. The fourth-order valence-electron chi connectivity index (χ4n) is 3.66. The van der Waals surface area contributed by atoms with E-state index < -0.39 is 18.0 Å². The molecule has 0 radical (unpaired) electrons. The number of rotatable bonds is 4. The molecular weight excluding hydrogens is 485 g/mol. The highest BCUT2D eigenvalue weighted by Gasteiger charge is 2.13. The van der Waals surface area contributed by atoms with Crippen LogP contribution in [0.25, 0.3) is 33.1 Å². The van der Waals surface area contributed by atoms with Crippen molar-refractivity contribution in [2.24, 2.45) is 5.73 Å². The molecular formula is C24H20FN7O5. The first kappa shape index (κ1) is 24.8. The molecule has 0 atom stereocenters. The van der Waals surface area contributed by atoms with E-state index in [9.17, 15) is 14.0 Å². The summed E-state index contributed by atoms with van der Waals surface area (Å²) in [5.74, 6) is -0.238. The first-order chi connectivity index (χ1) is 17.7. The van der Waals surface area contributed by atoms with Crippen LogP contribution < -0.4 is 16.6 Å². The summed E-state index contributed by atoms with van der Waals surface area (Å²) in [6, 6.07) is 13.7. The van der Waals surface area contributed by atoms with Gasteiger partial charge in [-0.25, -0.2) is 24.1 Å². The van der Waals surface area contributed by atoms with Gasteiger partial charge < -0.3 is 20.6 Å². The number of aromatic amines is 2. The fraction of sp³-hybridized carbons (Fsp3) is 0.0833. The zero-order valence-electron chi connectivity index (χ0n) is 19.3. The Bertz CT molecular complexity index is 1680. The lowest BCUT2D eigenvalue weighted by Gasteiger charge is -2.08. The molecule has 0 aliphatic heterocycles. The van der Waals surface area contributed by atoms with Gasteiger partial charge in [-0.15, -0.1) is 0 Å². The second-order valence-corrected chi connectivity index (χ2v) is 7.67. The second kappa shape index (κ2) is 10.5. The summed E-state index contributed by atoms with van der Waals surface area (Å²) in [5, 5.41) is 17.6. The van der Waals surface area contributed by atoms with Crippen LogP contribution in [0.15, 0.2) is 59.5 Å². The Labute approximate surface area is 207 Å². The summed E-state index contributed by atoms with van der Waals surface area (Å²) in [4.78, 5) is 43.5. The number of methoxy groups -OCH3 is 1. The van der Waals surface area contributed by atoms with E-state index in [2.05, 4.69) is 40.9 Å². The van der Waals surface area contributed by atoms with Crippen molar-refractivity contribution in [2.75, 3.05) is 12.4 Å². The van der Waals surface area contributed by atoms with Crippen molar-refractivity contribution in [2.45, 2.75) is 6.42 Å². The van der Waals surface area contributed by atoms with Crippen molar-refractivity contribution in [3.63, 3.8) is 0 Å². The molecule has 5 rings (SSSR count). The van der Waals surface area contributed by atoms with Crippen LogP contribution in [0, 0.1) is 5.82 Å². The molecule has 0 bridgehead atoms. The average molecular weight is 505 g/mol. The number of primary amides is 1. The molecule has 0 aliphatic rings. The number of benzene rings is 2. The van der Waals surface area contributed by atoms with E-state index in [-0.39, 0.29) is 11.5 Å². The zero-order valence-corrected chi connectivity index (χ0v) is 19.3. The lowest BCUT2D eigenvalue weighted by atomic mass is 9.99. The summed E-state index contributed by atoms with van der Waals surface area (Å²) >= 11 is 0. The van der Waals surface area contributed by atoms with Gasteiger partial charge in [0.25, 0.3) is 5.56 Å². The number of nitrogens with two attached hydrogens (primary N) is 1. The van der Waals surface area contributed by atoms with E-state index >= 15 is 0 Å². The Hall–Kier alpha value is -5.33. The minimum absolute atomic E-state index is 0.173. The number of fused-ring (bicyclic) bond motifs is 2. The van der Waals surface area contributed by atoms with Crippen molar-refractivity contribution < 1.29 is 23.8 Å². The molecule has 2 aromatic carbocycles. The Kier molecular flexibility index (Phi) is 7.04. The number of amides is 2. The van der Waals surface area contributed by atoms with Gasteiger partial charge in [-0.3, -0.25) is 10.1 Å². The van der Waals surface area contributed by atoms with Crippen LogP contribution in [0.1, 0.15) is 11.3 Å². The van der Waals surface area contributed by atoms with Crippen LogP contribution in [0.2, 0.25) is 0 Å². The molecule has 188 valence electrons. The van der Waals surface area contributed by atoms with E-state index in [1.165, 1.54) is 19.4 Å². The van der Waals surface area contributed by atoms with Crippen LogP contribution in [0.3, 0.4) is 0 Å². The molecule has 2 amide bonds. The Morgan fingerprint density at radius 1 is 1.16 bits per heavy atom. The lowest BCUT2D eigenvalue weighted by Crippen LogP contribution is -2.11. The van der Waals surface area contributed by atoms with Crippen LogP contribution in [-0.2, 0) is 11.2 Å². The van der Waals surface area contributed by atoms with Gasteiger partial charge in [0.05, 0.1) is 23.7 Å². The smallest absolute Gasteiger partial charge is 0.413 e. The molecule has 5 aromatic rings. The van der Waals surface area contributed by atoms with Gasteiger partial charge in [0.2, 0.25) is 5.95 Å². The van der Waals surface area contributed by atoms with Gasteiger partial charge in [0, 0.05) is 29.1 Å². The first-order valence-electron chi connectivity index (χ1n) is 10.7.